The van der Waals surface area contributed by atoms with Gasteiger partial charge in [0.05, 0.1) is 18.8 Å². The molecule has 0 aliphatic rings. The van der Waals surface area contributed by atoms with Crippen molar-refractivity contribution in [3.63, 3.8) is 0 Å². The van der Waals surface area contributed by atoms with E-state index in [1.807, 2.05) is 0 Å². The molecule has 0 bridgehead atoms. The van der Waals surface area contributed by atoms with Crippen LogP contribution in [0.25, 0.3) is 0 Å². The fourth-order valence-electron chi connectivity index (χ4n) is 1.09. The van der Waals surface area contributed by atoms with E-state index in [1.165, 1.54) is 0 Å². The summed E-state index contributed by atoms with van der Waals surface area (Å²) in [5, 5.41) is 19.1. The number of aromatic nitrogens is 3. The first-order valence-corrected chi connectivity index (χ1v) is 4.97. The molecule has 0 fully saturated rings. The second-order valence-electron chi connectivity index (χ2n) is 3.40. The topological polar surface area (TPSA) is 80.0 Å². The molecule has 6 nitrogen and oxygen atoms in total. The molecular weight excluding hydrogens is 196 g/mol. The Morgan fingerprint density at radius 3 is 3.07 bits per heavy atom. The standard InChI is InChI=1S/C9H16N4O2/c1-8(14)2-3-9(15)10-4-6-13-7-5-11-12-13/h5,7-8,14H,2-4,6H2,1H3,(H,10,15). The van der Waals surface area contributed by atoms with Crippen LogP contribution >= 0.6 is 0 Å². The van der Waals surface area contributed by atoms with Gasteiger partial charge in [-0.1, -0.05) is 5.21 Å². The van der Waals surface area contributed by atoms with Crippen molar-refractivity contribution in [3.05, 3.63) is 12.4 Å². The highest BCUT2D eigenvalue weighted by atomic mass is 16.3. The Morgan fingerprint density at radius 2 is 2.47 bits per heavy atom. The number of amides is 1. The lowest BCUT2D eigenvalue weighted by atomic mass is 10.2. The van der Waals surface area contributed by atoms with E-state index in [9.17, 15) is 4.79 Å². The zero-order valence-electron chi connectivity index (χ0n) is 8.76. The van der Waals surface area contributed by atoms with Gasteiger partial charge in [-0.2, -0.15) is 0 Å². The second kappa shape index (κ2) is 6.13. The average molecular weight is 212 g/mol. The molecule has 0 spiro atoms. The third kappa shape index (κ3) is 5.11. The number of hydrogen-bond donors (Lipinski definition) is 2. The molecule has 1 amide bonds. The van der Waals surface area contributed by atoms with E-state index in [1.54, 1.807) is 24.0 Å². The Hall–Kier alpha value is -1.43. The van der Waals surface area contributed by atoms with Crippen LogP contribution in [0.5, 0.6) is 0 Å². The summed E-state index contributed by atoms with van der Waals surface area (Å²) >= 11 is 0. The maximum absolute atomic E-state index is 11.2. The number of carbonyl (C=O) groups excluding carboxylic acids is 1. The molecule has 1 atom stereocenters. The third-order valence-corrected chi connectivity index (χ3v) is 1.92. The maximum atomic E-state index is 11.2. The van der Waals surface area contributed by atoms with E-state index in [2.05, 4.69) is 15.6 Å². The van der Waals surface area contributed by atoms with Crippen molar-refractivity contribution in [1.82, 2.24) is 20.3 Å². The molecule has 1 aromatic rings. The number of rotatable bonds is 6. The minimum Gasteiger partial charge on any atom is -0.393 e. The van der Waals surface area contributed by atoms with E-state index < -0.39 is 6.10 Å². The van der Waals surface area contributed by atoms with Crippen LogP contribution in [0, 0.1) is 0 Å². The van der Waals surface area contributed by atoms with Crippen LogP contribution in [0.1, 0.15) is 19.8 Å². The summed E-state index contributed by atoms with van der Waals surface area (Å²) in [4.78, 5) is 11.2. The van der Waals surface area contributed by atoms with Crippen LogP contribution in [0.4, 0.5) is 0 Å². The lowest BCUT2D eigenvalue weighted by molar-refractivity contribution is -0.121. The number of nitrogens with zero attached hydrogens (tertiary/aromatic N) is 3. The molecule has 0 saturated heterocycles. The second-order valence-corrected chi connectivity index (χ2v) is 3.40. The van der Waals surface area contributed by atoms with Crippen LogP contribution in [0.2, 0.25) is 0 Å². The molecular formula is C9H16N4O2. The molecule has 2 N–H and O–H groups in total. The fraction of sp³-hybridized carbons (Fsp3) is 0.667. The van der Waals surface area contributed by atoms with E-state index in [4.69, 9.17) is 5.11 Å². The molecule has 0 aliphatic heterocycles. The van der Waals surface area contributed by atoms with Crippen molar-refractivity contribution in [2.75, 3.05) is 6.54 Å². The van der Waals surface area contributed by atoms with Crippen molar-refractivity contribution >= 4 is 5.91 Å². The summed E-state index contributed by atoms with van der Waals surface area (Å²) in [6.45, 7) is 2.81. The number of aliphatic hydroxyl groups is 1. The first-order valence-electron chi connectivity index (χ1n) is 4.97. The van der Waals surface area contributed by atoms with Crippen LogP contribution in [-0.4, -0.2) is 38.7 Å². The quantitative estimate of drug-likeness (QED) is 0.669. The van der Waals surface area contributed by atoms with Gasteiger partial charge in [-0.05, 0) is 13.3 Å². The highest BCUT2D eigenvalue weighted by Crippen LogP contribution is 1.94. The lowest BCUT2D eigenvalue weighted by Crippen LogP contribution is -2.27. The van der Waals surface area contributed by atoms with Gasteiger partial charge in [0.1, 0.15) is 0 Å². The van der Waals surface area contributed by atoms with E-state index in [0.717, 1.165) is 0 Å². The molecule has 84 valence electrons. The van der Waals surface area contributed by atoms with Gasteiger partial charge in [0.15, 0.2) is 0 Å². The van der Waals surface area contributed by atoms with Crippen molar-refractivity contribution in [2.45, 2.75) is 32.4 Å². The summed E-state index contributed by atoms with van der Waals surface area (Å²) in [5.41, 5.74) is 0. The van der Waals surface area contributed by atoms with Gasteiger partial charge in [0.25, 0.3) is 0 Å². The molecule has 1 unspecified atom stereocenters. The Labute approximate surface area is 88.3 Å². The van der Waals surface area contributed by atoms with Crippen molar-refractivity contribution in [3.8, 4) is 0 Å². The fourth-order valence-corrected chi connectivity index (χ4v) is 1.09. The smallest absolute Gasteiger partial charge is 0.220 e. The maximum Gasteiger partial charge on any atom is 0.220 e. The zero-order valence-corrected chi connectivity index (χ0v) is 8.76. The molecule has 15 heavy (non-hydrogen) atoms. The minimum absolute atomic E-state index is 0.0454. The first kappa shape index (κ1) is 11.6. The monoisotopic (exact) mass is 212 g/mol. The predicted molar refractivity (Wildman–Crippen MR) is 53.9 cm³/mol. The predicted octanol–water partition coefficient (Wildman–Crippen LogP) is -0.445. The minimum atomic E-state index is -0.425. The van der Waals surface area contributed by atoms with Crippen LogP contribution in [-0.2, 0) is 11.3 Å². The Morgan fingerprint density at radius 1 is 1.67 bits per heavy atom. The van der Waals surface area contributed by atoms with Crippen molar-refractivity contribution in [2.24, 2.45) is 0 Å². The summed E-state index contributed by atoms with van der Waals surface area (Å²) in [6, 6.07) is 0. The zero-order chi connectivity index (χ0) is 11.1. The van der Waals surface area contributed by atoms with E-state index >= 15 is 0 Å². The number of nitrogens with one attached hydrogen (secondary N) is 1. The van der Waals surface area contributed by atoms with E-state index in [0.29, 0.717) is 25.9 Å². The number of carbonyl (C=O) groups is 1. The average Bonchev–Trinajstić information content (AvgIpc) is 2.67. The van der Waals surface area contributed by atoms with Crippen molar-refractivity contribution < 1.29 is 9.90 Å². The summed E-state index contributed by atoms with van der Waals surface area (Å²) in [5.74, 6) is -0.0454. The van der Waals surface area contributed by atoms with Crippen LogP contribution in [0.15, 0.2) is 12.4 Å². The molecule has 1 aromatic heterocycles. The first-order chi connectivity index (χ1) is 7.18. The Kier molecular flexibility index (Phi) is 4.76. The molecule has 1 heterocycles. The summed E-state index contributed by atoms with van der Waals surface area (Å²) < 4.78 is 1.65. The summed E-state index contributed by atoms with van der Waals surface area (Å²) in [7, 11) is 0. The van der Waals surface area contributed by atoms with Gasteiger partial charge < -0.3 is 10.4 Å². The third-order valence-electron chi connectivity index (χ3n) is 1.92. The van der Waals surface area contributed by atoms with Gasteiger partial charge in [0.2, 0.25) is 5.91 Å². The normalized spacial score (nSPS) is 12.4. The Balaban J connectivity index is 2.07. The highest BCUT2D eigenvalue weighted by molar-refractivity contribution is 5.75. The van der Waals surface area contributed by atoms with Crippen LogP contribution in [0.3, 0.4) is 0 Å². The molecule has 0 saturated carbocycles. The van der Waals surface area contributed by atoms with Gasteiger partial charge in [0, 0.05) is 19.2 Å². The molecule has 0 aromatic carbocycles. The SMILES string of the molecule is CC(O)CCC(=O)NCCn1ccnn1. The van der Waals surface area contributed by atoms with Crippen molar-refractivity contribution in [1.29, 1.82) is 0 Å². The molecule has 1 rings (SSSR count). The largest absolute Gasteiger partial charge is 0.393 e. The Bertz CT molecular complexity index is 284. The molecule has 0 aliphatic carbocycles. The number of hydrogen-bond acceptors (Lipinski definition) is 4. The van der Waals surface area contributed by atoms with Gasteiger partial charge in [-0.25, -0.2) is 0 Å². The molecule has 6 heteroatoms. The highest BCUT2D eigenvalue weighted by Gasteiger charge is 2.03. The van der Waals surface area contributed by atoms with Crippen LogP contribution < -0.4 is 5.32 Å². The van der Waals surface area contributed by atoms with Gasteiger partial charge >= 0.3 is 0 Å². The van der Waals surface area contributed by atoms with E-state index in [-0.39, 0.29) is 5.91 Å². The molecule has 0 radical (unpaired) electrons. The lowest BCUT2D eigenvalue weighted by Gasteiger charge is -2.06. The van der Waals surface area contributed by atoms with Gasteiger partial charge in [-0.3, -0.25) is 9.48 Å². The number of aliphatic hydroxyl groups excluding tert-OH is 1. The van der Waals surface area contributed by atoms with Gasteiger partial charge in [-0.15, -0.1) is 5.10 Å². The summed E-state index contributed by atoms with van der Waals surface area (Å²) in [6.07, 6.45) is 3.76.